The maximum absolute atomic E-state index is 5.82. The number of oxazole rings is 1. The van der Waals surface area contributed by atoms with Gasteiger partial charge >= 0.3 is 0 Å². The lowest BCUT2D eigenvalue weighted by Crippen LogP contribution is -2.36. The molecule has 1 aliphatic rings. The van der Waals surface area contributed by atoms with Crippen LogP contribution in [0.25, 0.3) is 0 Å². The Labute approximate surface area is 173 Å². The highest BCUT2D eigenvalue weighted by Crippen LogP contribution is 2.22. The van der Waals surface area contributed by atoms with Gasteiger partial charge in [-0.3, -0.25) is 9.89 Å². The molecular weight excluding hydrogens is 366 g/mol. The summed E-state index contributed by atoms with van der Waals surface area (Å²) in [6.45, 7) is 12.1. The lowest BCUT2D eigenvalue weighted by molar-refractivity contribution is 0.0342. The summed E-state index contributed by atoms with van der Waals surface area (Å²) >= 11 is 0. The zero-order valence-corrected chi connectivity index (χ0v) is 18.0. The predicted octanol–water partition coefficient (Wildman–Crippen LogP) is 2.67. The third-order valence-corrected chi connectivity index (χ3v) is 4.88. The molecule has 0 atom stereocenters. The van der Waals surface area contributed by atoms with Gasteiger partial charge in [0.05, 0.1) is 26.0 Å². The van der Waals surface area contributed by atoms with Crippen molar-refractivity contribution in [3.63, 3.8) is 0 Å². The van der Waals surface area contributed by atoms with Gasteiger partial charge in [0.1, 0.15) is 5.76 Å². The third-order valence-electron chi connectivity index (χ3n) is 4.88. The van der Waals surface area contributed by atoms with E-state index in [1.807, 2.05) is 0 Å². The van der Waals surface area contributed by atoms with Crippen molar-refractivity contribution < 1.29 is 9.15 Å². The monoisotopic (exact) mass is 399 g/mol. The molecule has 1 aromatic heterocycles. The molecule has 7 nitrogen and oxygen atoms in total. The van der Waals surface area contributed by atoms with E-state index < -0.39 is 0 Å². The highest BCUT2D eigenvalue weighted by Gasteiger charge is 2.19. The van der Waals surface area contributed by atoms with Crippen LogP contribution in [0, 0.1) is 0 Å². The van der Waals surface area contributed by atoms with Crippen molar-refractivity contribution in [2.45, 2.75) is 45.8 Å². The summed E-state index contributed by atoms with van der Waals surface area (Å²) < 4.78 is 11.3. The molecule has 2 aromatic rings. The molecule has 1 fully saturated rings. The zero-order chi connectivity index (χ0) is 20.7. The third kappa shape index (κ3) is 6.58. The van der Waals surface area contributed by atoms with Crippen LogP contribution in [0.1, 0.15) is 43.5 Å². The lowest BCUT2D eigenvalue weighted by atomic mass is 9.94. The Hall–Kier alpha value is -2.38. The van der Waals surface area contributed by atoms with Crippen molar-refractivity contribution in [2.75, 3.05) is 33.4 Å². The molecule has 29 heavy (non-hydrogen) atoms. The summed E-state index contributed by atoms with van der Waals surface area (Å²) in [6.07, 6.45) is 1.80. The molecule has 3 rings (SSSR count). The first-order valence-corrected chi connectivity index (χ1v) is 10.2. The molecule has 0 spiro atoms. The van der Waals surface area contributed by atoms with Gasteiger partial charge in [-0.15, -0.1) is 0 Å². The Morgan fingerprint density at radius 1 is 1.14 bits per heavy atom. The topological polar surface area (TPSA) is 74.9 Å². The van der Waals surface area contributed by atoms with Crippen LogP contribution in [0.5, 0.6) is 0 Å². The van der Waals surface area contributed by atoms with E-state index in [0.717, 1.165) is 44.6 Å². The van der Waals surface area contributed by atoms with Crippen LogP contribution >= 0.6 is 0 Å². The number of aromatic nitrogens is 1. The van der Waals surface area contributed by atoms with Gasteiger partial charge < -0.3 is 19.8 Å². The number of hydrogen-bond acceptors (Lipinski definition) is 5. The smallest absolute Gasteiger partial charge is 0.213 e. The van der Waals surface area contributed by atoms with Crippen molar-refractivity contribution in [3.05, 3.63) is 53.2 Å². The second-order valence-electron chi connectivity index (χ2n) is 8.36. The predicted molar refractivity (Wildman–Crippen MR) is 115 cm³/mol. The average molecular weight is 400 g/mol. The molecule has 0 aliphatic carbocycles. The van der Waals surface area contributed by atoms with E-state index >= 15 is 0 Å². The summed E-state index contributed by atoms with van der Waals surface area (Å²) in [7, 11) is 1.76. The number of nitrogens with zero attached hydrogens (tertiary/aromatic N) is 3. The highest BCUT2D eigenvalue weighted by molar-refractivity contribution is 5.79. The fourth-order valence-electron chi connectivity index (χ4n) is 3.16. The van der Waals surface area contributed by atoms with Crippen molar-refractivity contribution in [2.24, 2.45) is 4.99 Å². The van der Waals surface area contributed by atoms with Crippen LogP contribution in [-0.2, 0) is 29.8 Å². The Morgan fingerprint density at radius 3 is 2.55 bits per heavy atom. The largest absolute Gasteiger partial charge is 0.443 e. The van der Waals surface area contributed by atoms with Gasteiger partial charge in [-0.25, -0.2) is 4.98 Å². The number of rotatable bonds is 6. The number of aliphatic imine (C=N–C) groups is 1. The molecule has 0 bridgehead atoms. The summed E-state index contributed by atoms with van der Waals surface area (Å²) in [6, 6.07) is 8.68. The van der Waals surface area contributed by atoms with Gasteiger partial charge in [0.2, 0.25) is 5.89 Å². The summed E-state index contributed by atoms with van der Waals surface area (Å²) in [4.78, 5) is 11.1. The Balaban J connectivity index is 1.49. The van der Waals surface area contributed by atoms with E-state index in [0.29, 0.717) is 19.0 Å². The van der Waals surface area contributed by atoms with Crippen LogP contribution < -0.4 is 10.6 Å². The number of guanidine groups is 1. The van der Waals surface area contributed by atoms with Crippen LogP contribution in [0.3, 0.4) is 0 Å². The van der Waals surface area contributed by atoms with Crippen LogP contribution in [-0.4, -0.2) is 49.2 Å². The minimum atomic E-state index is -0.0442. The van der Waals surface area contributed by atoms with Crippen molar-refractivity contribution >= 4 is 5.96 Å². The van der Waals surface area contributed by atoms with Crippen LogP contribution in [0.15, 0.2) is 39.9 Å². The first-order valence-electron chi connectivity index (χ1n) is 10.2. The quantitative estimate of drug-likeness (QED) is 0.575. The molecule has 1 aromatic carbocycles. The Morgan fingerprint density at radius 2 is 1.86 bits per heavy atom. The highest BCUT2D eigenvalue weighted by atomic mass is 16.5. The minimum Gasteiger partial charge on any atom is -0.443 e. The molecule has 2 N–H and O–H groups in total. The van der Waals surface area contributed by atoms with E-state index in [9.17, 15) is 0 Å². The first kappa shape index (κ1) is 21.3. The summed E-state index contributed by atoms with van der Waals surface area (Å²) in [5.74, 6) is 2.26. The molecule has 0 unspecified atom stereocenters. The number of ether oxygens (including phenoxy) is 1. The normalized spacial score (nSPS) is 16.1. The molecular formula is C22H33N5O2. The number of nitrogens with one attached hydrogen (secondary N) is 2. The van der Waals surface area contributed by atoms with Crippen LogP contribution in [0.2, 0.25) is 0 Å². The van der Waals surface area contributed by atoms with Gasteiger partial charge in [-0.05, 0) is 11.1 Å². The molecule has 1 saturated heterocycles. The van der Waals surface area contributed by atoms with E-state index in [-0.39, 0.29) is 5.41 Å². The average Bonchev–Trinajstić information content (AvgIpc) is 3.19. The van der Waals surface area contributed by atoms with E-state index in [4.69, 9.17) is 9.15 Å². The molecule has 1 aliphatic heterocycles. The van der Waals surface area contributed by atoms with Gasteiger partial charge in [0.25, 0.3) is 0 Å². The van der Waals surface area contributed by atoms with Gasteiger partial charge in [0.15, 0.2) is 5.96 Å². The van der Waals surface area contributed by atoms with Crippen LogP contribution in [0.4, 0.5) is 0 Å². The van der Waals surface area contributed by atoms with Gasteiger partial charge in [0, 0.05) is 38.6 Å². The maximum Gasteiger partial charge on any atom is 0.213 e. The van der Waals surface area contributed by atoms with Gasteiger partial charge in [-0.1, -0.05) is 45.0 Å². The molecule has 158 valence electrons. The lowest BCUT2D eigenvalue weighted by Gasteiger charge is -2.26. The van der Waals surface area contributed by atoms with Crippen molar-refractivity contribution in [1.82, 2.24) is 20.5 Å². The standard InChI is InChI=1S/C22H33N5O2/c1-22(2,3)19-14-24-20(29-19)15-26-21(23-4)25-13-17-6-5-7-18(12-17)16-27-8-10-28-11-9-27/h5-7,12,14H,8-11,13,15-16H2,1-4H3,(H2,23,25,26). The molecule has 0 radical (unpaired) electrons. The Kier molecular flexibility index (Phi) is 7.28. The van der Waals surface area contributed by atoms with Crippen molar-refractivity contribution in [1.29, 1.82) is 0 Å². The number of benzene rings is 1. The summed E-state index contributed by atoms with van der Waals surface area (Å²) in [5, 5.41) is 6.62. The second kappa shape index (κ2) is 9.89. The molecule has 0 saturated carbocycles. The minimum absolute atomic E-state index is 0.0442. The maximum atomic E-state index is 5.82. The fraction of sp³-hybridized carbons (Fsp3) is 0.545. The zero-order valence-electron chi connectivity index (χ0n) is 18.0. The van der Waals surface area contributed by atoms with E-state index in [1.54, 1.807) is 13.2 Å². The second-order valence-corrected chi connectivity index (χ2v) is 8.36. The number of morpholine rings is 1. The first-order chi connectivity index (χ1) is 13.9. The fourth-order valence-corrected chi connectivity index (χ4v) is 3.16. The van der Waals surface area contributed by atoms with E-state index in [2.05, 4.69) is 70.5 Å². The Bertz CT molecular complexity index is 804. The summed E-state index contributed by atoms with van der Waals surface area (Å²) in [5.41, 5.74) is 2.51. The SMILES string of the molecule is CN=C(NCc1cccc(CN2CCOCC2)c1)NCc1ncc(C(C)(C)C)o1. The van der Waals surface area contributed by atoms with Gasteiger partial charge in [-0.2, -0.15) is 0 Å². The van der Waals surface area contributed by atoms with Crippen molar-refractivity contribution in [3.8, 4) is 0 Å². The molecule has 2 heterocycles. The molecule has 0 amide bonds. The van der Waals surface area contributed by atoms with E-state index in [1.165, 1.54) is 11.1 Å². The molecule has 7 heteroatoms. The number of hydrogen-bond donors (Lipinski definition) is 2.